The van der Waals surface area contributed by atoms with Crippen LogP contribution in [-0.2, 0) is 0 Å². The molecule has 5 heteroatoms. The van der Waals surface area contributed by atoms with Crippen molar-refractivity contribution in [2.75, 3.05) is 11.9 Å². The Morgan fingerprint density at radius 1 is 1.50 bits per heavy atom. The molecule has 1 fully saturated rings. The Balaban J connectivity index is 2.03. The fourth-order valence-electron chi connectivity index (χ4n) is 2.23. The van der Waals surface area contributed by atoms with E-state index in [1.165, 1.54) is 18.9 Å². The van der Waals surface area contributed by atoms with Gasteiger partial charge in [-0.05, 0) is 37.2 Å². The number of aromatic nitrogens is 1. The van der Waals surface area contributed by atoms with Gasteiger partial charge in [0.2, 0.25) is 0 Å². The average Bonchev–Trinajstić information content (AvgIpc) is 3.07. The standard InChI is InChI=1S/C13H19N3O2/c1-9(2)13(6-7-13)8-14-12-5-4-11(16(17)18)10(3)15-12/h4-5,9H,6-8H2,1-3H3,(H,14,15). The van der Waals surface area contributed by atoms with Crippen molar-refractivity contribution in [3.8, 4) is 0 Å². The number of nitrogens with zero attached hydrogens (tertiary/aromatic N) is 2. The molecule has 1 heterocycles. The van der Waals surface area contributed by atoms with Crippen LogP contribution in [-0.4, -0.2) is 16.5 Å². The minimum Gasteiger partial charge on any atom is -0.369 e. The molecule has 0 saturated heterocycles. The van der Waals surface area contributed by atoms with Crippen molar-refractivity contribution in [1.82, 2.24) is 4.98 Å². The minimum absolute atomic E-state index is 0.0746. The molecule has 1 aromatic rings. The molecule has 5 nitrogen and oxygen atoms in total. The summed E-state index contributed by atoms with van der Waals surface area (Å²) in [4.78, 5) is 14.5. The van der Waals surface area contributed by atoms with E-state index in [2.05, 4.69) is 24.1 Å². The van der Waals surface area contributed by atoms with Gasteiger partial charge in [0, 0.05) is 12.6 Å². The van der Waals surface area contributed by atoms with E-state index in [0.717, 1.165) is 12.4 Å². The first kappa shape index (κ1) is 12.8. The van der Waals surface area contributed by atoms with Crippen molar-refractivity contribution in [1.29, 1.82) is 0 Å². The first-order chi connectivity index (χ1) is 8.44. The predicted octanol–water partition coefficient (Wildman–Crippen LogP) is 3.15. The molecule has 0 unspecified atom stereocenters. The highest BCUT2D eigenvalue weighted by atomic mass is 16.6. The maximum absolute atomic E-state index is 10.7. The largest absolute Gasteiger partial charge is 0.369 e. The van der Waals surface area contributed by atoms with E-state index in [0.29, 0.717) is 17.0 Å². The summed E-state index contributed by atoms with van der Waals surface area (Å²) >= 11 is 0. The number of nitro groups is 1. The van der Waals surface area contributed by atoms with Gasteiger partial charge >= 0.3 is 0 Å². The normalized spacial score (nSPS) is 16.7. The summed E-state index contributed by atoms with van der Waals surface area (Å²) in [5.41, 5.74) is 0.933. The molecule has 1 aliphatic rings. The lowest BCUT2D eigenvalue weighted by molar-refractivity contribution is -0.385. The van der Waals surface area contributed by atoms with Crippen LogP contribution in [0.25, 0.3) is 0 Å². The van der Waals surface area contributed by atoms with E-state index < -0.39 is 4.92 Å². The maximum atomic E-state index is 10.7. The van der Waals surface area contributed by atoms with Gasteiger partial charge in [-0.25, -0.2) is 4.98 Å². The van der Waals surface area contributed by atoms with Crippen molar-refractivity contribution < 1.29 is 4.92 Å². The van der Waals surface area contributed by atoms with Gasteiger partial charge in [-0.15, -0.1) is 0 Å². The third-order valence-corrected chi connectivity index (χ3v) is 3.99. The number of anilines is 1. The van der Waals surface area contributed by atoms with E-state index in [9.17, 15) is 10.1 Å². The smallest absolute Gasteiger partial charge is 0.290 e. The van der Waals surface area contributed by atoms with E-state index in [-0.39, 0.29) is 5.69 Å². The third-order valence-electron chi connectivity index (χ3n) is 3.99. The van der Waals surface area contributed by atoms with Gasteiger partial charge in [0.05, 0.1) is 4.92 Å². The lowest BCUT2D eigenvalue weighted by Crippen LogP contribution is -2.21. The first-order valence-electron chi connectivity index (χ1n) is 6.30. The van der Waals surface area contributed by atoms with Gasteiger partial charge < -0.3 is 5.32 Å². The van der Waals surface area contributed by atoms with Crippen LogP contribution in [0.4, 0.5) is 11.5 Å². The number of pyridine rings is 1. The minimum atomic E-state index is -0.400. The predicted molar refractivity (Wildman–Crippen MR) is 70.6 cm³/mol. The zero-order valence-electron chi connectivity index (χ0n) is 11.1. The molecule has 2 rings (SSSR count). The Hall–Kier alpha value is -1.65. The van der Waals surface area contributed by atoms with Crippen LogP contribution in [0.5, 0.6) is 0 Å². The molecule has 0 aliphatic heterocycles. The zero-order valence-corrected chi connectivity index (χ0v) is 11.1. The van der Waals surface area contributed by atoms with Crippen molar-refractivity contribution in [2.45, 2.75) is 33.6 Å². The first-order valence-corrected chi connectivity index (χ1v) is 6.30. The molecule has 0 spiro atoms. The Morgan fingerprint density at radius 2 is 2.17 bits per heavy atom. The molecular weight excluding hydrogens is 230 g/mol. The van der Waals surface area contributed by atoms with Gasteiger partial charge in [-0.1, -0.05) is 13.8 Å². The SMILES string of the molecule is Cc1nc(NCC2(C(C)C)CC2)ccc1[N+](=O)[O-]. The van der Waals surface area contributed by atoms with Gasteiger partial charge in [-0.3, -0.25) is 10.1 Å². The maximum Gasteiger partial charge on any atom is 0.290 e. The summed E-state index contributed by atoms with van der Waals surface area (Å²) < 4.78 is 0. The van der Waals surface area contributed by atoms with Crippen LogP contribution < -0.4 is 5.32 Å². The van der Waals surface area contributed by atoms with E-state index >= 15 is 0 Å². The highest BCUT2D eigenvalue weighted by Crippen LogP contribution is 2.51. The average molecular weight is 249 g/mol. The van der Waals surface area contributed by atoms with Gasteiger partial charge in [0.25, 0.3) is 5.69 Å². The summed E-state index contributed by atoms with van der Waals surface area (Å²) in [5.74, 6) is 1.38. The molecule has 18 heavy (non-hydrogen) atoms. The lowest BCUT2D eigenvalue weighted by atomic mass is 9.92. The molecule has 0 atom stereocenters. The second kappa shape index (κ2) is 4.55. The summed E-state index contributed by atoms with van der Waals surface area (Å²) in [6.45, 7) is 7.04. The summed E-state index contributed by atoms with van der Waals surface area (Å²) in [6.07, 6.45) is 2.51. The van der Waals surface area contributed by atoms with Crippen LogP contribution >= 0.6 is 0 Å². The van der Waals surface area contributed by atoms with Crippen LogP contribution in [0.1, 0.15) is 32.4 Å². The van der Waals surface area contributed by atoms with Gasteiger partial charge in [0.1, 0.15) is 11.5 Å². The number of nitrogens with one attached hydrogen (secondary N) is 1. The van der Waals surface area contributed by atoms with Gasteiger partial charge in [0.15, 0.2) is 0 Å². The van der Waals surface area contributed by atoms with E-state index in [1.54, 1.807) is 13.0 Å². The quantitative estimate of drug-likeness (QED) is 0.643. The number of hydrogen-bond donors (Lipinski definition) is 1. The Bertz CT molecular complexity index is 467. The Morgan fingerprint density at radius 3 is 2.61 bits per heavy atom. The monoisotopic (exact) mass is 249 g/mol. The Labute approximate surface area is 107 Å². The van der Waals surface area contributed by atoms with Crippen LogP contribution in [0, 0.1) is 28.4 Å². The lowest BCUT2D eigenvalue weighted by Gasteiger charge is -2.20. The molecular formula is C13H19N3O2. The second-order valence-corrected chi connectivity index (χ2v) is 5.43. The molecule has 0 radical (unpaired) electrons. The summed E-state index contributed by atoms with van der Waals surface area (Å²) in [7, 11) is 0. The van der Waals surface area contributed by atoms with Crippen molar-refractivity contribution >= 4 is 11.5 Å². The molecule has 1 aliphatic carbocycles. The summed E-state index contributed by atoms with van der Waals surface area (Å²) in [5, 5.41) is 14.0. The molecule has 0 amide bonds. The van der Waals surface area contributed by atoms with E-state index in [1.807, 2.05) is 0 Å². The molecule has 1 N–H and O–H groups in total. The van der Waals surface area contributed by atoms with Crippen LogP contribution in [0.15, 0.2) is 12.1 Å². The zero-order chi connectivity index (χ0) is 13.3. The summed E-state index contributed by atoms with van der Waals surface area (Å²) in [6, 6.07) is 3.20. The van der Waals surface area contributed by atoms with Crippen molar-refractivity contribution in [2.24, 2.45) is 11.3 Å². The van der Waals surface area contributed by atoms with Gasteiger partial charge in [-0.2, -0.15) is 0 Å². The molecule has 1 saturated carbocycles. The topological polar surface area (TPSA) is 68.1 Å². The van der Waals surface area contributed by atoms with Crippen LogP contribution in [0.2, 0.25) is 0 Å². The van der Waals surface area contributed by atoms with Crippen LogP contribution in [0.3, 0.4) is 0 Å². The van der Waals surface area contributed by atoms with E-state index in [4.69, 9.17) is 0 Å². The molecule has 0 aromatic carbocycles. The van der Waals surface area contributed by atoms with Crippen molar-refractivity contribution in [3.05, 3.63) is 27.9 Å². The molecule has 0 bridgehead atoms. The third kappa shape index (κ3) is 2.44. The fraction of sp³-hybridized carbons (Fsp3) is 0.615. The molecule has 1 aromatic heterocycles. The highest BCUT2D eigenvalue weighted by Gasteiger charge is 2.44. The Kier molecular flexibility index (Phi) is 3.24. The fourth-order valence-corrected chi connectivity index (χ4v) is 2.23. The highest BCUT2D eigenvalue weighted by molar-refractivity contribution is 5.45. The second-order valence-electron chi connectivity index (χ2n) is 5.43. The van der Waals surface area contributed by atoms with Crippen molar-refractivity contribution in [3.63, 3.8) is 0 Å². The number of rotatable bonds is 5. The number of hydrogen-bond acceptors (Lipinski definition) is 4. The number of aryl methyl sites for hydroxylation is 1. The molecule has 98 valence electrons.